The number of nitrogens with one attached hydrogen (secondary N) is 2. The zero-order valence-electron chi connectivity index (χ0n) is 15.4. The van der Waals surface area contributed by atoms with Crippen molar-refractivity contribution in [2.45, 2.75) is 13.5 Å². The molecule has 3 rings (SSSR count). The monoisotopic (exact) mass is 365 g/mol. The molecule has 0 atom stereocenters. The molecule has 1 fully saturated rings. The van der Waals surface area contributed by atoms with Crippen LogP contribution in [0.5, 0.6) is 0 Å². The summed E-state index contributed by atoms with van der Waals surface area (Å²) >= 11 is 0. The van der Waals surface area contributed by atoms with Crippen molar-refractivity contribution >= 4 is 17.7 Å². The zero-order chi connectivity index (χ0) is 19.1. The normalized spacial score (nSPS) is 14.4. The molecule has 0 unspecified atom stereocenters. The lowest BCUT2D eigenvalue weighted by Crippen LogP contribution is -2.46. The SMILES string of the molecule is CCNC(=O)Nc1ccc(CN2CCN(c3ccc(C#N)cn3)CC2)cn1. The van der Waals surface area contributed by atoms with Crippen LogP contribution in [0.15, 0.2) is 36.7 Å². The number of amides is 2. The summed E-state index contributed by atoms with van der Waals surface area (Å²) in [5.41, 5.74) is 1.69. The molecule has 2 aromatic heterocycles. The van der Waals surface area contributed by atoms with E-state index in [9.17, 15) is 4.79 Å². The van der Waals surface area contributed by atoms with Gasteiger partial charge in [-0.15, -0.1) is 0 Å². The highest BCUT2D eigenvalue weighted by molar-refractivity contribution is 5.88. The maximum absolute atomic E-state index is 11.5. The fraction of sp³-hybridized carbons (Fsp3) is 0.368. The van der Waals surface area contributed by atoms with E-state index in [0.29, 0.717) is 17.9 Å². The largest absolute Gasteiger partial charge is 0.354 e. The average Bonchev–Trinajstić information content (AvgIpc) is 2.70. The third-order valence-corrected chi connectivity index (χ3v) is 4.38. The van der Waals surface area contributed by atoms with E-state index in [1.54, 1.807) is 18.5 Å². The lowest BCUT2D eigenvalue weighted by Gasteiger charge is -2.35. The molecule has 1 aliphatic rings. The van der Waals surface area contributed by atoms with Crippen LogP contribution in [-0.4, -0.2) is 53.6 Å². The fourth-order valence-electron chi connectivity index (χ4n) is 2.95. The summed E-state index contributed by atoms with van der Waals surface area (Å²) in [6.07, 6.45) is 3.42. The van der Waals surface area contributed by atoms with Gasteiger partial charge >= 0.3 is 6.03 Å². The molecule has 2 amide bonds. The van der Waals surface area contributed by atoms with Crippen molar-refractivity contribution in [3.63, 3.8) is 0 Å². The Morgan fingerprint density at radius 2 is 1.96 bits per heavy atom. The third-order valence-electron chi connectivity index (χ3n) is 4.38. The molecule has 2 N–H and O–H groups in total. The predicted molar refractivity (Wildman–Crippen MR) is 103 cm³/mol. The van der Waals surface area contributed by atoms with Gasteiger partial charge in [-0.3, -0.25) is 10.2 Å². The number of rotatable bonds is 5. The van der Waals surface area contributed by atoms with Crippen LogP contribution in [0.1, 0.15) is 18.1 Å². The number of urea groups is 1. The molecular formula is C19H23N7O. The van der Waals surface area contributed by atoms with Gasteiger partial charge in [0.05, 0.1) is 5.56 Å². The molecule has 0 saturated carbocycles. The first-order valence-electron chi connectivity index (χ1n) is 9.01. The maximum Gasteiger partial charge on any atom is 0.320 e. The Kier molecular flexibility index (Phi) is 6.18. The number of piperazine rings is 1. The van der Waals surface area contributed by atoms with Crippen LogP contribution in [0.2, 0.25) is 0 Å². The van der Waals surface area contributed by atoms with Crippen LogP contribution in [0.3, 0.4) is 0 Å². The summed E-state index contributed by atoms with van der Waals surface area (Å²) in [5.74, 6) is 1.46. The van der Waals surface area contributed by atoms with Crippen molar-refractivity contribution in [3.8, 4) is 6.07 Å². The quantitative estimate of drug-likeness (QED) is 0.839. The molecule has 0 aromatic carbocycles. The molecule has 2 aromatic rings. The van der Waals surface area contributed by atoms with Crippen LogP contribution in [0.4, 0.5) is 16.4 Å². The predicted octanol–water partition coefficient (Wildman–Crippen LogP) is 1.81. The van der Waals surface area contributed by atoms with E-state index in [2.05, 4.69) is 36.5 Å². The van der Waals surface area contributed by atoms with Crippen molar-refractivity contribution in [1.82, 2.24) is 20.2 Å². The van der Waals surface area contributed by atoms with Gasteiger partial charge in [0.15, 0.2) is 0 Å². The number of nitriles is 1. The standard InChI is InChI=1S/C19H23N7O/c1-2-21-19(27)24-17-5-3-16(13-22-17)14-25-7-9-26(10-8-25)18-6-4-15(11-20)12-23-18/h3-6,12-13H,2,7-10,14H2,1H3,(H2,21,22,24,27). The van der Waals surface area contributed by atoms with Gasteiger partial charge in [-0.05, 0) is 30.7 Å². The molecule has 8 nitrogen and oxygen atoms in total. The first kappa shape index (κ1) is 18.6. The van der Waals surface area contributed by atoms with E-state index >= 15 is 0 Å². The second-order valence-electron chi connectivity index (χ2n) is 6.32. The number of hydrogen-bond donors (Lipinski definition) is 2. The van der Waals surface area contributed by atoms with E-state index < -0.39 is 0 Å². The summed E-state index contributed by atoms with van der Waals surface area (Å²) in [6, 6.07) is 9.36. The Bertz CT molecular complexity index is 790. The number of pyridine rings is 2. The van der Waals surface area contributed by atoms with Gasteiger partial charge in [-0.1, -0.05) is 6.07 Å². The summed E-state index contributed by atoms with van der Waals surface area (Å²) < 4.78 is 0. The Hall–Kier alpha value is -3.18. The zero-order valence-corrected chi connectivity index (χ0v) is 15.4. The van der Waals surface area contributed by atoms with E-state index in [-0.39, 0.29) is 6.03 Å². The first-order valence-corrected chi connectivity index (χ1v) is 9.01. The van der Waals surface area contributed by atoms with Crippen molar-refractivity contribution in [2.24, 2.45) is 0 Å². The molecule has 1 saturated heterocycles. The molecule has 0 aliphatic carbocycles. The van der Waals surface area contributed by atoms with Gasteiger partial charge in [-0.25, -0.2) is 14.8 Å². The minimum Gasteiger partial charge on any atom is -0.354 e. The highest BCUT2D eigenvalue weighted by Gasteiger charge is 2.18. The molecule has 27 heavy (non-hydrogen) atoms. The van der Waals surface area contributed by atoms with Crippen molar-refractivity contribution in [2.75, 3.05) is 42.9 Å². The van der Waals surface area contributed by atoms with E-state index in [0.717, 1.165) is 44.1 Å². The lowest BCUT2D eigenvalue weighted by atomic mass is 10.2. The van der Waals surface area contributed by atoms with Gasteiger partial charge < -0.3 is 10.2 Å². The summed E-state index contributed by atoms with van der Waals surface area (Å²) in [6.45, 7) is 6.91. The number of nitrogens with zero attached hydrogens (tertiary/aromatic N) is 5. The Balaban J connectivity index is 1.48. The third kappa shape index (κ3) is 5.15. The van der Waals surface area contributed by atoms with E-state index in [4.69, 9.17) is 5.26 Å². The van der Waals surface area contributed by atoms with Crippen molar-refractivity contribution < 1.29 is 4.79 Å². The van der Waals surface area contributed by atoms with Crippen molar-refractivity contribution in [3.05, 3.63) is 47.8 Å². The van der Waals surface area contributed by atoms with Crippen LogP contribution < -0.4 is 15.5 Å². The Labute approximate surface area is 158 Å². The molecule has 0 radical (unpaired) electrons. The van der Waals surface area contributed by atoms with Gasteiger partial charge in [0.2, 0.25) is 0 Å². The number of aromatic nitrogens is 2. The number of anilines is 2. The van der Waals surface area contributed by atoms with Gasteiger partial charge in [0, 0.05) is 51.7 Å². The number of hydrogen-bond acceptors (Lipinski definition) is 6. The van der Waals surface area contributed by atoms with Crippen molar-refractivity contribution in [1.29, 1.82) is 5.26 Å². The van der Waals surface area contributed by atoms with Gasteiger partial charge in [-0.2, -0.15) is 5.26 Å². The Morgan fingerprint density at radius 1 is 1.15 bits per heavy atom. The molecule has 0 spiro atoms. The number of carbonyl (C=O) groups is 1. The summed E-state index contributed by atoms with van der Waals surface area (Å²) in [5, 5.41) is 14.2. The topological polar surface area (TPSA) is 97.2 Å². The Morgan fingerprint density at radius 3 is 2.56 bits per heavy atom. The second kappa shape index (κ2) is 8.96. The minimum atomic E-state index is -0.245. The van der Waals surface area contributed by atoms with E-state index in [1.165, 1.54) is 0 Å². The minimum absolute atomic E-state index is 0.245. The highest BCUT2D eigenvalue weighted by atomic mass is 16.2. The highest BCUT2D eigenvalue weighted by Crippen LogP contribution is 2.15. The van der Waals surface area contributed by atoms with Gasteiger partial charge in [0.1, 0.15) is 17.7 Å². The maximum atomic E-state index is 11.5. The first-order chi connectivity index (χ1) is 13.2. The van der Waals surface area contributed by atoms with Crippen LogP contribution in [0.25, 0.3) is 0 Å². The fourth-order valence-corrected chi connectivity index (χ4v) is 2.95. The molecule has 8 heteroatoms. The second-order valence-corrected chi connectivity index (χ2v) is 6.32. The van der Waals surface area contributed by atoms with Crippen LogP contribution >= 0.6 is 0 Å². The summed E-state index contributed by atoms with van der Waals surface area (Å²) in [7, 11) is 0. The number of carbonyl (C=O) groups excluding carboxylic acids is 1. The molecule has 0 bridgehead atoms. The van der Waals surface area contributed by atoms with Gasteiger partial charge in [0.25, 0.3) is 0 Å². The molecular weight excluding hydrogens is 342 g/mol. The molecule has 140 valence electrons. The lowest BCUT2D eigenvalue weighted by molar-refractivity contribution is 0.249. The molecule has 3 heterocycles. The van der Waals surface area contributed by atoms with Crippen LogP contribution in [-0.2, 0) is 6.54 Å². The summed E-state index contributed by atoms with van der Waals surface area (Å²) in [4.78, 5) is 24.8. The smallest absolute Gasteiger partial charge is 0.320 e. The average molecular weight is 365 g/mol. The van der Waals surface area contributed by atoms with E-state index in [1.807, 2.05) is 25.1 Å². The molecule has 1 aliphatic heterocycles. The van der Waals surface area contributed by atoms with Crippen LogP contribution in [0, 0.1) is 11.3 Å².